The minimum Gasteiger partial charge on any atom is -0.493 e. The van der Waals surface area contributed by atoms with E-state index in [0.717, 1.165) is 10.4 Å². The fourth-order valence-corrected chi connectivity index (χ4v) is 2.11. The molecule has 2 heterocycles. The average molecular weight is 222 g/mol. The number of rotatable bonds is 1. The fourth-order valence-electron chi connectivity index (χ4n) is 1.24. The molecule has 0 fully saturated rings. The number of thiophene rings is 1. The zero-order valence-corrected chi connectivity index (χ0v) is 9.18. The lowest BCUT2D eigenvalue weighted by Crippen LogP contribution is -2.11. The van der Waals surface area contributed by atoms with Crippen molar-refractivity contribution >= 4 is 11.3 Å². The number of aryl methyl sites for hydroxylation is 1. The molecule has 0 unspecified atom stereocenters. The minimum atomic E-state index is -0.301. The summed E-state index contributed by atoms with van der Waals surface area (Å²) in [6.07, 6.45) is 0. The van der Waals surface area contributed by atoms with E-state index in [9.17, 15) is 9.90 Å². The van der Waals surface area contributed by atoms with Gasteiger partial charge in [-0.15, -0.1) is 11.3 Å². The Labute approximate surface area is 90.3 Å². The third-order valence-electron chi connectivity index (χ3n) is 2.20. The van der Waals surface area contributed by atoms with Crippen LogP contribution in [0.3, 0.4) is 0 Å². The number of aromatic hydroxyl groups is 1. The van der Waals surface area contributed by atoms with Gasteiger partial charge in [-0.3, -0.25) is 4.79 Å². The van der Waals surface area contributed by atoms with Crippen LogP contribution in [0, 0.1) is 13.8 Å². The molecule has 0 aliphatic rings. The Bertz CT molecular complexity index is 557. The predicted octanol–water partition coefficient (Wildman–Crippen LogP) is 1.82. The van der Waals surface area contributed by atoms with Crippen molar-refractivity contribution in [3.8, 4) is 16.6 Å². The molecule has 0 aromatic carbocycles. The third-order valence-corrected chi connectivity index (χ3v) is 3.23. The third kappa shape index (κ3) is 1.66. The van der Waals surface area contributed by atoms with Crippen LogP contribution in [0.1, 0.15) is 11.1 Å². The highest BCUT2D eigenvalue weighted by Crippen LogP contribution is 2.26. The number of aromatic amines is 1. The van der Waals surface area contributed by atoms with E-state index < -0.39 is 0 Å². The summed E-state index contributed by atoms with van der Waals surface area (Å²) < 4.78 is 0. The summed E-state index contributed by atoms with van der Waals surface area (Å²) in [4.78, 5) is 18.9. The quantitative estimate of drug-likeness (QED) is 0.773. The minimum absolute atomic E-state index is 0.207. The Morgan fingerprint density at radius 1 is 1.47 bits per heavy atom. The van der Waals surface area contributed by atoms with E-state index in [1.807, 2.05) is 18.4 Å². The van der Waals surface area contributed by atoms with Crippen LogP contribution < -0.4 is 5.56 Å². The van der Waals surface area contributed by atoms with Crippen molar-refractivity contribution < 1.29 is 5.11 Å². The van der Waals surface area contributed by atoms with E-state index in [2.05, 4.69) is 9.97 Å². The molecule has 0 saturated heterocycles. The average Bonchev–Trinajstić information content (AvgIpc) is 2.60. The van der Waals surface area contributed by atoms with Crippen molar-refractivity contribution in [1.29, 1.82) is 0 Å². The van der Waals surface area contributed by atoms with Crippen molar-refractivity contribution in [3.63, 3.8) is 0 Å². The van der Waals surface area contributed by atoms with Gasteiger partial charge in [0, 0.05) is 0 Å². The molecule has 15 heavy (non-hydrogen) atoms. The first-order valence-corrected chi connectivity index (χ1v) is 5.32. The zero-order valence-electron chi connectivity index (χ0n) is 8.37. The molecule has 0 bridgehead atoms. The molecule has 4 nitrogen and oxygen atoms in total. The molecule has 0 aliphatic heterocycles. The maximum absolute atomic E-state index is 11.4. The van der Waals surface area contributed by atoms with Crippen LogP contribution >= 0.6 is 11.3 Å². The summed E-state index contributed by atoms with van der Waals surface area (Å²) in [6, 6.07) is 1.94. The normalized spacial score (nSPS) is 10.5. The molecule has 2 aromatic heterocycles. The van der Waals surface area contributed by atoms with E-state index in [1.54, 1.807) is 0 Å². The van der Waals surface area contributed by atoms with Gasteiger partial charge in [0.15, 0.2) is 5.82 Å². The topological polar surface area (TPSA) is 66.0 Å². The Hall–Kier alpha value is -1.62. The first kappa shape index (κ1) is 9.92. The summed E-state index contributed by atoms with van der Waals surface area (Å²) in [5.41, 5.74) is 0.977. The van der Waals surface area contributed by atoms with Crippen LogP contribution in [0.15, 0.2) is 16.2 Å². The molecule has 0 aliphatic carbocycles. The maximum Gasteiger partial charge on any atom is 0.257 e. The van der Waals surface area contributed by atoms with Crippen LogP contribution in [-0.2, 0) is 0 Å². The van der Waals surface area contributed by atoms with E-state index in [0.29, 0.717) is 5.82 Å². The summed E-state index contributed by atoms with van der Waals surface area (Å²) >= 11 is 1.48. The van der Waals surface area contributed by atoms with Gasteiger partial charge in [0.05, 0.1) is 10.4 Å². The van der Waals surface area contributed by atoms with Gasteiger partial charge in [0.2, 0.25) is 5.88 Å². The van der Waals surface area contributed by atoms with Crippen molar-refractivity contribution in [2.45, 2.75) is 13.8 Å². The first-order valence-electron chi connectivity index (χ1n) is 4.44. The second kappa shape index (κ2) is 3.51. The molecule has 5 heteroatoms. The Balaban J connectivity index is 2.66. The second-order valence-corrected chi connectivity index (χ2v) is 4.21. The summed E-state index contributed by atoms with van der Waals surface area (Å²) in [5, 5.41) is 11.4. The van der Waals surface area contributed by atoms with Gasteiger partial charge in [0.1, 0.15) is 0 Å². The van der Waals surface area contributed by atoms with Crippen LogP contribution in [0.4, 0.5) is 0 Å². The standard InChI is InChI=1S/C10H10N2O2S/c1-5-3-4-15-7(5)8-11-9(13)6(2)10(14)12-8/h3-4H,1-2H3,(H2,11,12,13,14). The molecule has 0 atom stereocenters. The van der Waals surface area contributed by atoms with Crippen LogP contribution in [0.25, 0.3) is 10.7 Å². The smallest absolute Gasteiger partial charge is 0.257 e. The summed E-state index contributed by atoms with van der Waals surface area (Å²) in [6.45, 7) is 3.47. The molecule has 0 amide bonds. The van der Waals surface area contributed by atoms with Crippen molar-refractivity contribution in [2.75, 3.05) is 0 Å². The highest BCUT2D eigenvalue weighted by molar-refractivity contribution is 7.13. The highest BCUT2D eigenvalue weighted by Gasteiger charge is 2.10. The van der Waals surface area contributed by atoms with Gasteiger partial charge in [-0.05, 0) is 30.9 Å². The molecule has 2 aromatic rings. The van der Waals surface area contributed by atoms with Crippen molar-refractivity contribution in [2.24, 2.45) is 0 Å². The fraction of sp³-hybridized carbons (Fsp3) is 0.200. The van der Waals surface area contributed by atoms with Gasteiger partial charge < -0.3 is 10.1 Å². The van der Waals surface area contributed by atoms with Crippen LogP contribution in [0.2, 0.25) is 0 Å². The van der Waals surface area contributed by atoms with Crippen molar-refractivity contribution in [1.82, 2.24) is 9.97 Å². The zero-order chi connectivity index (χ0) is 11.0. The van der Waals surface area contributed by atoms with Gasteiger partial charge in [-0.1, -0.05) is 0 Å². The summed E-state index contributed by atoms with van der Waals surface area (Å²) in [5.74, 6) is 0.220. The summed E-state index contributed by atoms with van der Waals surface area (Å²) in [7, 11) is 0. The lowest BCUT2D eigenvalue weighted by Gasteiger charge is -2.01. The van der Waals surface area contributed by atoms with Crippen molar-refractivity contribution in [3.05, 3.63) is 32.9 Å². The number of nitrogens with zero attached hydrogens (tertiary/aromatic N) is 1. The van der Waals surface area contributed by atoms with Gasteiger partial charge in [-0.25, -0.2) is 0 Å². The molecule has 0 radical (unpaired) electrons. The molecular weight excluding hydrogens is 212 g/mol. The van der Waals surface area contributed by atoms with E-state index in [4.69, 9.17) is 0 Å². The number of H-pyrrole nitrogens is 1. The largest absolute Gasteiger partial charge is 0.493 e. The second-order valence-electron chi connectivity index (χ2n) is 3.30. The first-order chi connectivity index (χ1) is 7.09. The molecule has 0 spiro atoms. The Morgan fingerprint density at radius 3 is 2.73 bits per heavy atom. The molecule has 78 valence electrons. The Morgan fingerprint density at radius 2 is 2.20 bits per heavy atom. The lowest BCUT2D eigenvalue weighted by molar-refractivity contribution is 0.447. The maximum atomic E-state index is 11.4. The molecule has 0 saturated carbocycles. The van der Waals surface area contributed by atoms with Crippen LogP contribution in [0.5, 0.6) is 5.88 Å². The van der Waals surface area contributed by atoms with E-state index >= 15 is 0 Å². The van der Waals surface area contributed by atoms with E-state index in [1.165, 1.54) is 18.3 Å². The molecule has 2 rings (SSSR count). The monoisotopic (exact) mass is 222 g/mol. The number of hydrogen-bond acceptors (Lipinski definition) is 4. The van der Waals surface area contributed by atoms with Crippen LogP contribution in [-0.4, -0.2) is 15.1 Å². The van der Waals surface area contributed by atoms with Gasteiger partial charge in [0.25, 0.3) is 5.56 Å². The van der Waals surface area contributed by atoms with E-state index in [-0.39, 0.29) is 17.0 Å². The Kier molecular flexibility index (Phi) is 2.32. The number of nitrogens with one attached hydrogen (secondary N) is 1. The van der Waals surface area contributed by atoms with Gasteiger partial charge in [-0.2, -0.15) is 4.98 Å². The highest BCUT2D eigenvalue weighted by atomic mass is 32.1. The lowest BCUT2D eigenvalue weighted by atomic mass is 10.2. The number of aromatic nitrogens is 2. The SMILES string of the molecule is Cc1ccsc1-c1nc(O)c(C)c(=O)[nH]1. The molecule has 2 N–H and O–H groups in total. The number of hydrogen-bond donors (Lipinski definition) is 2. The predicted molar refractivity (Wildman–Crippen MR) is 59.3 cm³/mol. The van der Waals surface area contributed by atoms with Gasteiger partial charge >= 0.3 is 0 Å². The molecular formula is C10H10N2O2S.